The number of morpholine rings is 1. The third-order valence-electron chi connectivity index (χ3n) is 4.66. The van der Waals surface area contributed by atoms with Crippen LogP contribution in [-0.4, -0.2) is 54.6 Å². The predicted octanol–water partition coefficient (Wildman–Crippen LogP) is 2.27. The smallest absolute Gasteiger partial charge is 0.255 e. The summed E-state index contributed by atoms with van der Waals surface area (Å²) in [5.74, 6) is 0.174. The van der Waals surface area contributed by atoms with Crippen LogP contribution in [0.2, 0.25) is 0 Å². The topological polar surface area (TPSA) is 32.8 Å². The Balaban J connectivity index is 1.75. The van der Waals surface area contributed by atoms with E-state index in [1.54, 1.807) is 11.3 Å². The van der Waals surface area contributed by atoms with Gasteiger partial charge in [-0.2, -0.15) is 0 Å². The Hall–Kier alpha value is -0.910. The second kappa shape index (κ2) is 6.07. The van der Waals surface area contributed by atoms with Crippen LogP contribution in [0.5, 0.6) is 0 Å². The molecule has 2 aliphatic heterocycles. The number of hydrogen-bond acceptors (Lipinski definition) is 4. The molecule has 1 spiro atoms. The number of ether oxygens (including phenoxy) is 1. The zero-order valence-electron chi connectivity index (χ0n) is 12.9. The minimum atomic E-state index is -0.603. The van der Waals surface area contributed by atoms with E-state index in [9.17, 15) is 4.79 Å². The van der Waals surface area contributed by atoms with E-state index in [0.29, 0.717) is 6.61 Å². The van der Waals surface area contributed by atoms with Crippen LogP contribution >= 0.6 is 11.3 Å². The normalized spacial score (nSPS) is 28.1. The van der Waals surface area contributed by atoms with Crippen molar-refractivity contribution in [3.05, 3.63) is 21.9 Å². The highest BCUT2D eigenvalue weighted by Crippen LogP contribution is 2.30. The van der Waals surface area contributed by atoms with E-state index in [4.69, 9.17) is 4.74 Å². The lowest BCUT2D eigenvalue weighted by Gasteiger charge is -2.42. The maximum absolute atomic E-state index is 12.7. The molecule has 2 saturated heterocycles. The molecule has 0 aromatic carbocycles. The fourth-order valence-corrected chi connectivity index (χ4v) is 4.30. The Labute approximate surface area is 130 Å². The predicted molar refractivity (Wildman–Crippen MR) is 84.5 cm³/mol. The molecule has 2 fully saturated rings. The maximum Gasteiger partial charge on any atom is 0.255 e. The molecule has 0 saturated carbocycles. The molecule has 0 aliphatic carbocycles. The van der Waals surface area contributed by atoms with Crippen molar-refractivity contribution in [2.45, 2.75) is 38.3 Å². The van der Waals surface area contributed by atoms with E-state index < -0.39 is 5.60 Å². The highest BCUT2D eigenvalue weighted by molar-refractivity contribution is 7.10. The van der Waals surface area contributed by atoms with Gasteiger partial charge in [-0.25, -0.2) is 0 Å². The van der Waals surface area contributed by atoms with Crippen molar-refractivity contribution in [1.29, 1.82) is 0 Å². The maximum atomic E-state index is 12.7. The van der Waals surface area contributed by atoms with Gasteiger partial charge in [0.2, 0.25) is 0 Å². The van der Waals surface area contributed by atoms with Crippen LogP contribution in [0.3, 0.4) is 0 Å². The second-order valence-electron chi connectivity index (χ2n) is 6.26. The highest BCUT2D eigenvalue weighted by Gasteiger charge is 2.45. The molecule has 4 nitrogen and oxygen atoms in total. The number of thiophene rings is 1. The van der Waals surface area contributed by atoms with E-state index in [-0.39, 0.29) is 5.91 Å². The monoisotopic (exact) mass is 308 g/mol. The van der Waals surface area contributed by atoms with Crippen molar-refractivity contribution in [2.75, 3.05) is 33.3 Å². The number of rotatable bonds is 2. The fourth-order valence-electron chi connectivity index (χ4n) is 3.36. The Morgan fingerprint density at radius 1 is 1.38 bits per heavy atom. The fraction of sp³-hybridized carbons (Fsp3) is 0.688. The summed E-state index contributed by atoms with van der Waals surface area (Å²) in [6.07, 6.45) is 3.01. The lowest BCUT2D eigenvalue weighted by Crippen LogP contribution is -2.59. The first-order chi connectivity index (χ1) is 10.1. The molecule has 5 heteroatoms. The van der Waals surface area contributed by atoms with Crippen molar-refractivity contribution in [1.82, 2.24) is 9.80 Å². The molecule has 0 radical (unpaired) electrons. The lowest BCUT2D eigenvalue weighted by atomic mass is 9.94. The van der Waals surface area contributed by atoms with E-state index in [1.807, 2.05) is 11.9 Å². The van der Waals surface area contributed by atoms with Gasteiger partial charge >= 0.3 is 0 Å². The van der Waals surface area contributed by atoms with Gasteiger partial charge in [-0.3, -0.25) is 9.69 Å². The summed E-state index contributed by atoms with van der Waals surface area (Å²) in [7, 11) is 1.90. The third-order valence-corrected chi connectivity index (χ3v) is 5.67. The highest BCUT2D eigenvalue weighted by atomic mass is 32.1. The standard InChI is InChI=1S/C16H24N2O2S/c1-13-5-10-21-14(13)11-18-8-9-20-16(12-18)6-3-4-7-17(2)15(16)19/h5,10H,3-4,6-9,11-12H2,1-2H3. The molecule has 116 valence electrons. The molecule has 1 aromatic rings. The number of amides is 1. The number of hydrogen-bond donors (Lipinski definition) is 0. The molecule has 1 amide bonds. The molecule has 2 aliphatic rings. The van der Waals surface area contributed by atoms with Crippen molar-refractivity contribution in [3.8, 4) is 0 Å². The van der Waals surface area contributed by atoms with Crippen LogP contribution in [0.1, 0.15) is 29.7 Å². The summed E-state index contributed by atoms with van der Waals surface area (Å²) in [5, 5.41) is 2.14. The first-order valence-electron chi connectivity index (χ1n) is 7.76. The number of aryl methyl sites for hydroxylation is 1. The van der Waals surface area contributed by atoms with Crippen molar-refractivity contribution >= 4 is 17.2 Å². The van der Waals surface area contributed by atoms with Crippen LogP contribution in [0.4, 0.5) is 0 Å². The van der Waals surface area contributed by atoms with Gasteiger partial charge in [-0.1, -0.05) is 0 Å². The van der Waals surface area contributed by atoms with E-state index in [2.05, 4.69) is 23.3 Å². The molecule has 1 atom stereocenters. The molecule has 3 heterocycles. The summed E-state index contributed by atoms with van der Waals surface area (Å²) in [6.45, 7) is 6.25. The third kappa shape index (κ3) is 3.00. The average molecular weight is 308 g/mol. The van der Waals surface area contributed by atoms with Crippen LogP contribution in [-0.2, 0) is 16.1 Å². The van der Waals surface area contributed by atoms with E-state index >= 15 is 0 Å². The molecule has 1 unspecified atom stereocenters. The Kier molecular flexibility index (Phi) is 4.33. The second-order valence-corrected chi connectivity index (χ2v) is 7.26. The van der Waals surface area contributed by atoms with Crippen LogP contribution in [0.25, 0.3) is 0 Å². The number of likely N-dealkylation sites (tertiary alicyclic amines) is 1. The summed E-state index contributed by atoms with van der Waals surface area (Å²) >= 11 is 1.81. The Bertz CT molecular complexity index is 516. The van der Waals surface area contributed by atoms with E-state index in [1.165, 1.54) is 10.4 Å². The zero-order valence-corrected chi connectivity index (χ0v) is 13.7. The molecule has 0 bridgehead atoms. The van der Waals surface area contributed by atoms with Crippen molar-refractivity contribution in [2.24, 2.45) is 0 Å². The molecular weight excluding hydrogens is 284 g/mol. The van der Waals surface area contributed by atoms with Gasteiger partial charge in [0, 0.05) is 38.1 Å². The Morgan fingerprint density at radius 2 is 2.24 bits per heavy atom. The minimum absolute atomic E-state index is 0.174. The molecule has 0 N–H and O–H groups in total. The summed E-state index contributed by atoms with van der Waals surface area (Å²) in [5.41, 5.74) is 0.749. The van der Waals surface area contributed by atoms with Gasteiger partial charge in [-0.15, -0.1) is 11.3 Å². The van der Waals surface area contributed by atoms with Crippen LogP contribution < -0.4 is 0 Å². The lowest BCUT2D eigenvalue weighted by molar-refractivity contribution is -0.169. The number of carbonyl (C=O) groups is 1. The summed E-state index contributed by atoms with van der Waals surface area (Å²) in [4.78, 5) is 18.4. The van der Waals surface area contributed by atoms with Gasteiger partial charge in [0.1, 0.15) is 0 Å². The van der Waals surface area contributed by atoms with Crippen molar-refractivity contribution in [3.63, 3.8) is 0 Å². The summed E-state index contributed by atoms with van der Waals surface area (Å²) < 4.78 is 6.02. The van der Waals surface area contributed by atoms with Gasteiger partial charge in [0.15, 0.2) is 5.60 Å². The van der Waals surface area contributed by atoms with Gasteiger partial charge < -0.3 is 9.64 Å². The van der Waals surface area contributed by atoms with Crippen molar-refractivity contribution < 1.29 is 9.53 Å². The zero-order chi connectivity index (χ0) is 14.9. The van der Waals surface area contributed by atoms with Crippen LogP contribution in [0.15, 0.2) is 11.4 Å². The minimum Gasteiger partial charge on any atom is -0.362 e. The molecule has 3 rings (SSSR count). The Morgan fingerprint density at radius 3 is 3.00 bits per heavy atom. The van der Waals surface area contributed by atoms with Crippen LogP contribution in [0, 0.1) is 6.92 Å². The first-order valence-corrected chi connectivity index (χ1v) is 8.63. The van der Waals surface area contributed by atoms with Gasteiger partial charge in [-0.05, 0) is 43.2 Å². The molecular formula is C16H24N2O2S. The molecule has 21 heavy (non-hydrogen) atoms. The number of carbonyl (C=O) groups excluding carboxylic acids is 1. The largest absolute Gasteiger partial charge is 0.362 e. The van der Waals surface area contributed by atoms with E-state index in [0.717, 1.165) is 45.4 Å². The quantitative estimate of drug-likeness (QED) is 0.840. The number of likely N-dealkylation sites (N-methyl/N-ethyl adjacent to an activating group) is 1. The average Bonchev–Trinajstić information content (AvgIpc) is 2.82. The summed E-state index contributed by atoms with van der Waals surface area (Å²) in [6, 6.07) is 2.17. The van der Waals surface area contributed by atoms with Gasteiger partial charge in [0.25, 0.3) is 5.91 Å². The first kappa shape index (κ1) is 15.0. The number of nitrogens with zero attached hydrogens (tertiary/aromatic N) is 2. The SMILES string of the molecule is Cc1ccsc1CN1CCOC2(CCCCN(C)C2=O)C1. The van der Waals surface area contributed by atoms with Gasteiger partial charge in [0.05, 0.1) is 6.61 Å². The molecule has 1 aromatic heterocycles.